The van der Waals surface area contributed by atoms with E-state index in [2.05, 4.69) is 43.8 Å². The van der Waals surface area contributed by atoms with Crippen LogP contribution in [0.4, 0.5) is 0 Å². The summed E-state index contributed by atoms with van der Waals surface area (Å²) in [7, 11) is -1.73. The molecule has 0 radical (unpaired) electrons. The molecule has 27 heavy (non-hydrogen) atoms. The smallest absolute Gasteiger partial charge is 0.223 e. The summed E-state index contributed by atoms with van der Waals surface area (Å²) in [5.41, 5.74) is 0.669. The third kappa shape index (κ3) is 4.76. The minimum Gasteiger partial charge on any atom is -0.487 e. The van der Waals surface area contributed by atoms with Gasteiger partial charge in [-0.1, -0.05) is 32.4 Å². The van der Waals surface area contributed by atoms with Gasteiger partial charge >= 0.3 is 0 Å². The minimum absolute atomic E-state index is 0.112. The van der Waals surface area contributed by atoms with E-state index in [1.807, 2.05) is 12.1 Å². The summed E-state index contributed by atoms with van der Waals surface area (Å²) < 4.78 is 12.8. The fourth-order valence-corrected chi connectivity index (χ4v) is 4.92. The maximum absolute atomic E-state index is 6.57. The molecule has 0 spiro atoms. The average molecular weight is 427 g/mol. The third-order valence-electron chi connectivity index (χ3n) is 5.80. The Kier molecular flexibility index (Phi) is 6.07. The Balaban J connectivity index is 1.67. The number of ether oxygens (including phenoxy) is 1. The lowest BCUT2D eigenvalue weighted by atomic mass is 9.95. The van der Waals surface area contributed by atoms with Gasteiger partial charge in [0.15, 0.2) is 14.1 Å². The van der Waals surface area contributed by atoms with Crippen LogP contribution in [-0.4, -0.2) is 30.5 Å². The van der Waals surface area contributed by atoms with Crippen molar-refractivity contribution in [1.82, 2.24) is 9.97 Å². The molecule has 148 valence electrons. The van der Waals surface area contributed by atoms with E-state index in [-0.39, 0.29) is 16.4 Å². The summed E-state index contributed by atoms with van der Waals surface area (Å²) in [4.78, 5) is 8.35. The van der Waals surface area contributed by atoms with Crippen molar-refractivity contribution in [3.63, 3.8) is 0 Å². The van der Waals surface area contributed by atoms with Crippen LogP contribution in [0, 0.1) is 0 Å². The monoisotopic (exact) mass is 426 g/mol. The highest BCUT2D eigenvalue weighted by Gasteiger charge is 2.40. The number of hydrogen-bond donors (Lipinski definition) is 0. The van der Waals surface area contributed by atoms with Gasteiger partial charge in [0.05, 0.1) is 11.1 Å². The summed E-state index contributed by atoms with van der Waals surface area (Å²) in [5.74, 6) is 0.604. The van der Waals surface area contributed by atoms with Crippen LogP contribution in [0.15, 0.2) is 18.3 Å². The predicted molar refractivity (Wildman–Crippen MR) is 115 cm³/mol. The molecular formula is C20H28Cl2N2O2Si. The van der Waals surface area contributed by atoms with Crippen molar-refractivity contribution >= 4 is 42.4 Å². The van der Waals surface area contributed by atoms with E-state index in [4.69, 9.17) is 32.4 Å². The van der Waals surface area contributed by atoms with E-state index >= 15 is 0 Å². The highest BCUT2D eigenvalue weighted by molar-refractivity contribution is 6.74. The Hall–Kier alpha value is -0.883. The second kappa shape index (κ2) is 7.86. The lowest BCUT2D eigenvalue weighted by Crippen LogP contribution is -2.45. The van der Waals surface area contributed by atoms with E-state index < -0.39 is 8.32 Å². The number of fused-ring (bicyclic) bond motifs is 1. The van der Waals surface area contributed by atoms with E-state index in [1.54, 1.807) is 6.20 Å². The van der Waals surface area contributed by atoms with Gasteiger partial charge in [-0.15, -0.1) is 0 Å². The van der Waals surface area contributed by atoms with E-state index in [0.29, 0.717) is 22.4 Å². The summed E-state index contributed by atoms with van der Waals surface area (Å²) in [5, 5.41) is 1.85. The standard InChI is InChI=1S/C20H28Cl2N2O2Si/c1-20(2,3)27(4,5)26-15-9-7-14(8-10-15)25-18-16(21)11-6-13-12-23-19(22)24-17(13)18/h6,11-12,14-15H,7-10H2,1-5H3. The van der Waals surface area contributed by atoms with Crippen LogP contribution in [-0.2, 0) is 4.43 Å². The molecule has 4 nitrogen and oxygen atoms in total. The largest absolute Gasteiger partial charge is 0.487 e. The zero-order valence-corrected chi connectivity index (χ0v) is 19.2. The zero-order chi connectivity index (χ0) is 19.8. The normalized spacial score (nSPS) is 21.4. The summed E-state index contributed by atoms with van der Waals surface area (Å²) in [6, 6.07) is 3.70. The van der Waals surface area contributed by atoms with Crippen LogP contribution in [0.2, 0.25) is 28.4 Å². The molecule has 0 amide bonds. The quantitative estimate of drug-likeness (QED) is 0.405. The summed E-state index contributed by atoms with van der Waals surface area (Å²) in [6.45, 7) is 11.5. The molecule has 1 aliphatic carbocycles. The molecule has 0 unspecified atom stereocenters. The predicted octanol–water partition coefficient (Wildman–Crippen LogP) is 6.65. The molecule has 1 heterocycles. The van der Waals surface area contributed by atoms with Gasteiger partial charge in [0.1, 0.15) is 5.52 Å². The van der Waals surface area contributed by atoms with Gasteiger partial charge in [-0.25, -0.2) is 9.97 Å². The summed E-state index contributed by atoms with van der Waals surface area (Å²) in [6.07, 6.45) is 6.05. The van der Waals surface area contributed by atoms with Crippen molar-refractivity contribution in [2.45, 2.75) is 76.8 Å². The Bertz CT molecular complexity index is 810. The maximum atomic E-state index is 6.57. The molecule has 1 aromatic carbocycles. The molecule has 0 saturated heterocycles. The minimum atomic E-state index is -1.73. The molecule has 1 saturated carbocycles. The maximum Gasteiger partial charge on any atom is 0.223 e. The average Bonchev–Trinajstić information content (AvgIpc) is 2.58. The first-order valence-electron chi connectivity index (χ1n) is 9.52. The Labute approximate surface area is 172 Å². The number of benzene rings is 1. The van der Waals surface area contributed by atoms with Crippen molar-refractivity contribution in [2.75, 3.05) is 0 Å². The van der Waals surface area contributed by atoms with Crippen LogP contribution in [0.3, 0.4) is 0 Å². The number of nitrogens with zero attached hydrogens (tertiary/aromatic N) is 2. The first-order valence-corrected chi connectivity index (χ1v) is 13.2. The second-order valence-corrected chi connectivity index (χ2v) is 14.3. The van der Waals surface area contributed by atoms with E-state index in [1.165, 1.54) is 0 Å². The Morgan fingerprint density at radius 3 is 2.30 bits per heavy atom. The SMILES string of the molecule is CC(C)(C)[Si](C)(C)OC1CCC(Oc2c(Cl)ccc3cnc(Cl)nc23)CC1. The lowest BCUT2D eigenvalue weighted by Gasteiger charge is -2.41. The van der Waals surface area contributed by atoms with Crippen LogP contribution >= 0.6 is 23.2 Å². The zero-order valence-electron chi connectivity index (χ0n) is 16.7. The van der Waals surface area contributed by atoms with E-state index in [0.717, 1.165) is 31.1 Å². The number of halogens is 2. The van der Waals surface area contributed by atoms with Gasteiger partial charge < -0.3 is 9.16 Å². The van der Waals surface area contributed by atoms with Crippen molar-refractivity contribution in [1.29, 1.82) is 0 Å². The fourth-order valence-electron chi connectivity index (χ4n) is 3.17. The van der Waals surface area contributed by atoms with Crippen LogP contribution in [0.1, 0.15) is 46.5 Å². The topological polar surface area (TPSA) is 44.2 Å². The molecule has 0 atom stereocenters. The molecule has 1 fully saturated rings. The fraction of sp³-hybridized carbons (Fsp3) is 0.600. The number of aromatic nitrogens is 2. The van der Waals surface area contributed by atoms with Gasteiger partial charge in [0, 0.05) is 17.7 Å². The van der Waals surface area contributed by atoms with E-state index in [9.17, 15) is 0 Å². The van der Waals surface area contributed by atoms with Crippen LogP contribution in [0.5, 0.6) is 5.75 Å². The third-order valence-corrected chi connectivity index (χ3v) is 10.8. The first kappa shape index (κ1) is 20.8. The van der Waals surface area contributed by atoms with Gasteiger partial charge in [0.2, 0.25) is 5.28 Å². The molecule has 1 aliphatic rings. The molecule has 7 heteroatoms. The van der Waals surface area contributed by atoms with Gasteiger partial charge in [-0.2, -0.15) is 0 Å². The number of hydrogen-bond acceptors (Lipinski definition) is 4. The summed E-state index contributed by atoms with van der Waals surface area (Å²) >= 11 is 12.4. The van der Waals surface area contributed by atoms with Crippen molar-refractivity contribution < 1.29 is 9.16 Å². The Morgan fingerprint density at radius 2 is 1.67 bits per heavy atom. The van der Waals surface area contributed by atoms with Crippen molar-refractivity contribution in [3.05, 3.63) is 28.6 Å². The van der Waals surface area contributed by atoms with Gasteiger partial charge in [0.25, 0.3) is 0 Å². The molecular weight excluding hydrogens is 399 g/mol. The molecule has 0 aliphatic heterocycles. The van der Waals surface area contributed by atoms with Crippen LogP contribution < -0.4 is 4.74 Å². The Morgan fingerprint density at radius 1 is 1.04 bits per heavy atom. The lowest BCUT2D eigenvalue weighted by molar-refractivity contribution is 0.0733. The molecule has 0 N–H and O–H groups in total. The highest BCUT2D eigenvalue weighted by Crippen LogP contribution is 2.40. The number of rotatable bonds is 4. The molecule has 2 aromatic rings. The molecule has 0 bridgehead atoms. The van der Waals surface area contributed by atoms with Crippen LogP contribution in [0.25, 0.3) is 10.9 Å². The van der Waals surface area contributed by atoms with Crippen molar-refractivity contribution in [3.8, 4) is 5.75 Å². The highest BCUT2D eigenvalue weighted by atomic mass is 35.5. The second-order valence-electron chi connectivity index (χ2n) is 8.85. The van der Waals surface area contributed by atoms with Gasteiger partial charge in [-0.3, -0.25) is 0 Å². The molecule has 3 rings (SSSR count). The van der Waals surface area contributed by atoms with Crippen molar-refractivity contribution in [2.24, 2.45) is 0 Å². The molecule has 1 aromatic heterocycles. The van der Waals surface area contributed by atoms with Gasteiger partial charge in [-0.05, 0) is 67.5 Å². The first-order chi connectivity index (χ1) is 12.6.